The van der Waals surface area contributed by atoms with E-state index in [2.05, 4.69) is 40.1 Å². The number of Topliss-reactive ketones (excluding diaryl/α,β-unsaturated/α-hetero) is 1. The summed E-state index contributed by atoms with van der Waals surface area (Å²) in [6.45, 7) is 0.475. The molecule has 2 aliphatic rings. The Bertz CT molecular complexity index is 328. The van der Waals surface area contributed by atoms with Gasteiger partial charge in [-0.15, -0.1) is 0 Å². The number of hydrogen-bond acceptors (Lipinski definition) is 2. The van der Waals surface area contributed by atoms with Crippen LogP contribution < -0.4 is 5.32 Å². The lowest BCUT2D eigenvalue weighted by atomic mass is 10.0. The molecule has 2 rings (SSSR count). The quantitative estimate of drug-likeness (QED) is 0.543. The van der Waals surface area contributed by atoms with Crippen LogP contribution in [-0.4, -0.2) is 16.3 Å². The molecule has 0 aromatic carbocycles. The van der Waals surface area contributed by atoms with Gasteiger partial charge >= 0.3 is 0 Å². The molecule has 0 aromatic rings. The third-order valence-corrected chi connectivity index (χ3v) is 2.90. The fourth-order valence-electron chi connectivity index (χ4n) is 1.50. The Hall–Kier alpha value is -0.580. The van der Waals surface area contributed by atoms with E-state index in [4.69, 9.17) is 0 Å². The van der Waals surface area contributed by atoms with Crippen molar-refractivity contribution in [1.82, 2.24) is 5.32 Å². The third kappa shape index (κ3) is 2.02. The maximum Gasteiger partial charge on any atom is 0.156 e. The molecule has 1 aliphatic carbocycles. The average molecular weight is 287 g/mol. The van der Waals surface area contributed by atoms with Gasteiger partial charge in [0.05, 0.1) is 6.54 Å². The largest absolute Gasteiger partial charge is 0.378 e. The van der Waals surface area contributed by atoms with Crippen molar-refractivity contribution < 1.29 is 4.79 Å². The van der Waals surface area contributed by atoms with Gasteiger partial charge in [0, 0.05) is 16.0 Å². The second kappa shape index (κ2) is 3.65. The molecule has 2 nitrogen and oxygen atoms in total. The lowest BCUT2D eigenvalue weighted by Crippen LogP contribution is -2.29. The topological polar surface area (TPSA) is 29.1 Å². The van der Waals surface area contributed by atoms with E-state index in [9.17, 15) is 4.79 Å². The van der Waals surface area contributed by atoms with E-state index < -0.39 is 0 Å². The van der Waals surface area contributed by atoms with Gasteiger partial charge in [-0.25, -0.2) is 0 Å². The Balaban J connectivity index is 2.31. The Morgan fingerprint density at radius 1 is 1.54 bits per heavy atom. The highest BCUT2D eigenvalue weighted by Crippen LogP contribution is 2.22. The number of ketones is 1. The van der Waals surface area contributed by atoms with Gasteiger partial charge in [-0.2, -0.15) is 0 Å². The van der Waals surface area contributed by atoms with E-state index in [0.717, 1.165) is 11.3 Å². The predicted octanol–water partition coefficient (Wildman–Crippen LogP) is 1.73. The van der Waals surface area contributed by atoms with E-state index in [0.29, 0.717) is 16.9 Å². The Morgan fingerprint density at radius 2 is 2.38 bits per heavy atom. The zero-order valence-corrected chi connectivity index (χ0v) is 9.24. The number of carbonyl (C=O) groups excluding carboxylic acids is 1. The number of fused-ring (bicyclic) bond motifs is 1. The molecule has 68 valence electrons. The summed E-state index contributed by atoms with van der Waals surface area (Å²) in [5.41, 5.74) is 2.25. The lowest BCUT2D eigenvalue weighted by molar-refractivity contribution is -0.117. The maximum atomic E-state index is 11.2. The van der Waals surface area contributed by atoms with Crippen LogP contribution in [0.25, 0.3) is 0 Å². The molecule has 1 atom stereocenters. The fourth-order valence-corrected chi connectivity index (χ4v) is 2.17. The first-order valence-corrected chi connectivity index (χ1v) is 5.49. The number of piperidine rings is 1. The van der Waals surface area contributed by atoms with Crippen molar-refractivity contribution >= 4 is 28.4 Å². The molecule has 3 heteroatoms. The Kier molecular flexibility index (Phi) is 2.53. The lowest BCUT2D eigenvalue weighted by Gasteiger charge is -2.19. The number of allylic oxidation sites excluding steroid dienone is 5. The van der Waals surface area contributed by atoms with E-state index >= 15 is 0 Å². The molecule has 0 aromatic heterocycles. The van der Waals surface area contributed by atoms with Crippen molar-refractivity contribution in [2.75, 3.05) is 6.54 Å². The zero-order valence-electron chi connectivity index (χ0n) is 7.09. The second-order valence-corrected chi connectivity index (χ2v) is 4.61. The SMILES string of the molecule is O=C1CNC2=CC=CC(I)C=C2C1. The number of halogens is 1. The van der Waals surface area contributed by atoms with Gasteiger partial charge in [-0.3, -0.25) is 4.79 Å². The molecule has 0 saturated carbocycles. The van der Waals surface area contributed by atoms with Crippen molar-refractivity contribution in [1.29, 1.82) is 0 Å². The van der Waals surface area contributed by atoms with Crippen LogP contribution >= 0.6 is 22.6 Å². The van der Waals surface area contributed by atoms with Crippen molar-refractivity contribution in [3.8, 4) is 0 Å². The summed E-state index contributed by atoms with van der Waals surface area (Å²) in [5.74, 6) is 0.272. The minimum Gasteiger partial charge on any atom is -0.378 e. The molecule has 1 heterocycles. The van der Waals surface area contributed by atoms with Crippen molar-refractivity contribution in [3.63, 3.8) is 0 Å². The van der Waals surface area contributed by atoms with Gasteiger partial charge in [0.25, 0.3) is 0 Å². The zero-order chi connectivity index (χ0) is 9.26. The molecule has 1 aliphatic heterocycles. The number of carbonyl (C=O) groups is 1. The van der Waals surface area contributed by atoms with Gasteiger partial charge in [0.15, 0.2) is 5.78 Å². The highest BCUT2D eigenvalue weighted by atomic mass is 127. The standard InChI is InChI=1S/C10H10INO/c11-8-2-1-3-10-7(4-8)5-9(13)6-12-10/h1-4,8,12H,5-6H2. The van der Waals surface area contributed by atoms with E-state index in [1.54, 1.807) is 0 Å². The molecule has 0 radical (unpaired) electrons. The highest BCUT2D eigenvalue weighted by molar-refractivity contribution is 14.1. The first-order valence-electron chi connectivity index (χ1n) is 4.25. The number of rotatable bonds is 0. The molecule has 1 N–H and O–H groups in total. The molecule has 13 heavy (non-hydrogen) atoms. The Labute approximate surface area is 90.9 Å². The summed E-state index contributed by atoms with van der Waals surface area (Å²) >= 11 is 2.34. The normalized spacial score (nSPS) is 26.8. The van der Waals surface area contributed by atoms with Crippen LogP contribution in [0.1, 0.15) is 6.42 Å². The molecular formula is C10H10INO. The monoisotopic (exact) mass is 287 g/mol. The minimum atomic E-state index is 0.272. The van der Waals surface area contributed by atoms with Gasteiger partial charge in [-0.1, -0.05) is 40.8 Å². The van der Waals surface area contributed by atoms with Crippen LogP contribution in [0.2, 0.25) is 0 Å². The van der Waals surface area contributed by atoms with Crippen molar-refractivity contribution in [2.45, 2.75) is 10.3 Å². The summed E-state index contributed by atoms with van der Waals surface area (Å²) < 4.78 is 0.397. The van der Waals surface area contributed by atoms with Crippen molar-refractivity contribution in [3.05, 3.63) is 35.6 Å². The third-order valence-electron chi connectivity index (χ3n) is 2.13. The van der Waals surface area contributed by atoms with E-state index in [1.165, 1.54) is 0 Å². The van der Waals surface area contributed by atoms with Crippen LogP contribution in [0, 0.1) is 0 Å². The fraction of sp³-hybridized carbons (Fsp3) is 0.300. The Morgan fingerprint density at radius 3 is 3.23 bits per heavy atom. The van der Waals surface area contributed by atoms with Crippen LogP contribution in [0.5, 0.6) is 0 Å². The predicted molar refractivity (Wildman–Crippen MR) is 60.7 cm³/mol. The van der Waals surface area contributed by atoms with E-state index in [-0.39, 0.29) is 5.78 Å². The van der Waals surface area contributed by atoms with Gasteiger partial charge in [0.1, 0.15) is 0 Å². The number of nitrogens with one attached hydrogen (secondary N) is 1. The van der Waals surface area contributed by atoms with Crippen LogP contribution in [0.4, 0.5) is 0 Å². The molecule has 1 unspecified atom stereocenters. The molecule has 0 amide bonds. The summed E-state index contributed by atoms with van der Waals surface area (Å²) in [6.07, 6.45) is 8.92. The van der Waals surface area contributed by atoms with Crippen LogP contribution in [0.15, 0.2) is 35.6 Å². The summed E-state index contributed by atoms with van der Waals surface area (Å²) in [5, 5.41) is 3.12. The molecule has 0 bridgehead atoms. The smallest absolute Gasteiger partial charge is 0.156 e. The van der Waals surface area contributed by atoms with Crippen molar-refractivity contribution in [2.24, 2.45) is 0 Å². The first kappa shape index (κ1) is 8.99. The highest BCUT2D eigenvalue weighted by Gasteiger charge is 2.18. The van der Waals surface area contributed by atoms with Gasteiger partial charge in [0.2, 0.25) is 0 Å². The minimum absolute atomic E-state index is 0.272. The van der Waals surface area contributed by atoms with Crippen LogP contribution in [0.3, 0.4) is 0 Å². The van der Waals surface area contributed by atoms with Gasteiger partial charge in [-0.05, 0) is 11.6 Å². The summed E-state index contributed by atoms with van der Waals surface area (Å²) in [7, 11) is 0. The molecule has 1 saturated heterocycles. The summed E-state index contributed by atoms with van der Waals surface area (Å²) in [6, 6.07) is 0. The molecule has 0 spiro atoms. The van der Waals surface area contributed by atoms with E-state index in [1.807, 2.05) is 12.2 Å². The number of alkyl halides is 1. The molecular weight excluding hydrogens is 277 g/mol. The second-order valence-electron chi connectivity index (χ2n) is 3.17. The van der Waals surface area contributed by atoms with Gasteiger partial charge < -0.3 is 5.32 Å². The number of hydrogen-bond donors (Lipinski definition) is 1. The maximum absolute atomic E-state index is 11.2. The molecule has 1 fully saturated rings. The first-order chi connectivity index (χ1) is 6.25. The van der Waals surface area contributed by atoms with Crippen LogP contribution in [-0.2, 0) is 4.79 Å². The summed E-state index contributed by atoms with van der Waals surface area (Å²) in [4.78, 5) is 11.2. The average Bonchev–Trinajstić information content (AvgIpc) is 2.25.